The maximum absolute atomic E-state index is 12.1. The quantitative estimate of drug-likeness (QED) is 0.890. The number of benzene rings is 1. The summed E-state index contributed by atoms with van der Waals surface area (Å²) in [5.74, 6) is 1.14. The molecule has 0 bridgehead atoms. The highest BCUT2D eigenvalue weighted by molar-refractivity contribution is 5.75. The van der Waals surface area contributed by atoms with E-state index in [2.05, 4.69) is 10.3 Å². The molecule has 6 heteroatoms. The average molecular weight is 299 g/mol. The van der Waals surface area contributed by atoms with Crippen LogP contribution in [0.2, 0.25) is 0 Å². The van der Waals surface area contributed by atoms with Crippen LogP contribution < -0.4 is 10.1 Å². The Morgan fingerprint density at radius 2 is 2.23 bits per heavy atom. The van der Waals surface area contributed by atoms with Crippen molar-refractivity contribution in [3.63, 3.8) is 0 Å². The standard InChI is InChI=1S/C16H17N3O3/c1-17-16(21)19(2)14-11-4-3-7-18-15(11)22-13-6-5-10(9-20)8-12(13)14/h3-8,14,20H,9H2,1-2H3,(H,17,21). The molecule has 2 N–H and O–H groups in total. The number of pyridine rings is 1. The Kier molecular flexibility index (Phi) is 3.68. The Labute approximate surface area is 128 Å². The number of ether oxygens (including phenoxy) is 1. The van der Waals surface area contributed by atoms with E-state index in [1.165, 1.54) is 0 Å². The molecule has 1 aromatic heterocycles. The Hall–Kier alpha value is -2.60. The summed E-state index contributed by atoms with van der Waals surface area (Å²) in [6, 6.07) is 8.62. The maximum atomic E-state index is 12.1. The van der Waals surface area contributed by atoms with Gasteiger partial charge in [-0.1, -0.05) is 6.07 Å². The van der Waals surface area contributed by atoms with E-state index in [0.29, 0.717) is 11.6 Å². The third-order valence-corrected chi connectivity index (χ3v) is 3.77. The second kappa shape index (κ2) is 5.65. The number of amides is 2. The number of nitrogens with one attached hydrogen (secondary N) is 1. The number of aliphatic hydroxyl groups excluding tert-OH is 1. The van der Waals surface area contributed by atoms with Gasteiger partial charge in [0.25, 0.3) is 0 Å². The van der Waals surface area contributed by atoms with Gasteiger partial charge in [-0.05, 0) is 29.8 Å². The van der Waals surface area contributed by atoms with E-state index in [4.69, 9.17) is 4.74 Å². The summed E-state index contributed by atoms with van der Waals surface area (Å²) in [5.41, 5.74) is 2.42. The third-order valence-electron chi connectivity index (χ3n) is 3.77. The number of nitrogens with zero attached hydrogens (tertiary/aromatic N) is 2. The molecule has 1 unspecified atom stereocenters. The molecule has 6 nitrogen and oxygen atoms in total. The van der Waals surface area contributed by atoms with Crippen LogP contribution in [0.1, 0.15) is 22.7 Å². The number of urea groups is 1. The van der Waals surface area contributed by atoms with Crippen molar-refractivity contribution in [3.8, 4) is 11.6 Å². The Morgan fingerprint density at radius 1 is 1.41 bits per heavy atom. The maximum Gasteiger partial charge on any atom is 0.317 e. The lowest BCUT2D eigenvalue weighted by Crippen LogP contribution is -2.39. The second-order valence-electron chi connectivity index (χ2n) is 5.10. The van der Waals surface area contributed by atoms with Crippen LogP contribution in [0, 0.1) is 0 Å². The fraction of sp³-hybridized carbons (Fsp3) is 0.250. The second-order valence-corrected chi connectivity index (χ2v) is 5.10. The highest BCUT2D eigenvalue weighted by Crippen LogP contribution is 2.44. The lowest BCUT2D eigenvalue weighted by molar-refractivity contribution is 0.197. The van der Waals surface area contributed by atoms with Gasteiger partial charge in [-0.3, -0.25) is 0 Å². The first kappa shape index (κ1) is 14.3. The van der Waals surface area contributed by atoms with Crippen molar-refractivity contribution in [1.82, 2.24) is 15.2 Å². The van der Waals surface area contributed by atoms with E-state index in [0.717, 1.165) is 16.7 Å². The molecule has 2 heterocycles. The van der Waals surface area contributed by atoms with Crippen molar-refractivity contribution in [3.05, 3.63) is 53.2 Å². The number of hydrogen-bond acceptors (Lipinski definition) is 4. The molecule has 3 rings (SSSR count). The van der Waals surface area contributed by atoms with E-state index in [9.17, 15) is 9.90 Å². The number of aromatic nitrogens is 1. The number of carbonyl (C=O) groups is 1. The highest BCUT2D eigenvalue weighted by atomic mass is 16.5. The number of fused-ring (bicyclic) bond motifs is 2. The van der Waals surface area contributed by atoms with Crippen molar-refractivity contribution in [2.24, 2.45) is 0 Å². The van der Waals surface area contributed by atoms with Crippen molar-refractivity contribution >= 4 is 6.03 Å². The van der Waals surface area contributed by atoms with Crippen LogP contribution in [0.4, 0.5) is 4.79 Å². The summed E-state index contributed by atoms with van der Waals surface area (Å²) < 4.78 is 5.82. The molecule has 0 spiro atoms. The zero-order valence-corrected chi connectivity index (χ0v) is 12.4. The molecule has 1 aliphatic heterocycles. The van der Waals surface area contributed by atoms with Gasteiger partial charge in [0.2, 0.25) is 5.88 Å². The van der Waals surface area contributed by atoms with E-state index in [1.807, 2.05) is 18.2 Å². The predicted molar refractivity (Wildman–Crippen MR) is 80.7 cm³/mol. The Balaban J connectivity index is 2.16. The zero-order valence-electron chi connectivity index (χ0n) is 12.4. The van der Waals surface area contributed by atoms with Gasteiger partial charge in [0.15, 0.2) is 0 Å². The minimum Gasteiger partial charge on any atom is -0.438 e. The largest absolute Gasteiger partial charge is 0.438 e. The minimum absolute atomic E-state index is 0.0659. The molecule has 1 aliphatic rings. The van der Waals surface area contributed by atoms with Gasteiger partial charge in [-0.2, -0.15) is 0 Å². The summed E-state index contributed by atoms with van der Waals surface area (Å²) in [6.45, 7) is -0.0659. The highest BCUT2D eigenvalue weighted by Gasteiger charge is 2.33. The van der Waals surface area contributed by atoms with Gasteiger partial charge < -0.3 is 20.1 Å². The van der Waals surface area contributed by atoms with E-state index < -0.39 is 0 Å². The molecular weight excluding hydrogens is 282 g/mol. The topological polar surface area (TPSA) is 74.7 Å². The predicted octanol–water partition coefficient (Wildman–Crippen LogP) is 2.04. The van der Waals surface area contributed by atoms with E-state index in [-0.39, 0.29) is 18.7 Å². The Bertz CT molecular complexity index is 718. The van der Waals surface area contributed by atoms with E-state index >= 15 is 0 Å². The van der Waals surface area contributed by atoms with Gasteiger partial charge >= 0.3 is 6.03 Å². The lowest BCUT2D eigenvalue weighted by Gasteiger charge is -2.33. The van der Waals surface area contributed by atoms with Gasteiger partial charge in [0.05, 0.1) is 12.6 Å². The van der Waals surface area contributed by atoms with Crippen LogP contribution in [0.3, 0.4) is 0 Å². The van der Waals surface area contributed by atoms with Gasteiger partial charge in [0, 0.05) is 31.4 Å². The molecule has 2 aromatic rings. The molecule has 0 saturated carbocycles. The van der Waals surface area contributed by atoms with Crippen LogP contribution in [0.25, 0.3) is 0 Å². The summed E-state index contributed by atoms with van der Waals surface area (Å²) >= 11 is 0. The fourth-order valence-electron chi connectivity index (χ4n) is 2.68. The normalized spacial score (nSPS) is 15.3. The molecule has 2 amide bonds. The van der Waals surface area contributed by atoms with E-state index in [1.54, 1.807) is 37.3 Å². The third kappa shape index (κ3) is 2.27. The lowest BCUT2D eigenvalue weighted by atomic mass is 9.94. The van der Waals surface area contributed by atoms with Crippen LogP contribution in [-0.4, -0.2) is 35.1 Å². The zero-order chi connectivity index (χ0) is 15.7. The van der Waals surface area contributed by atoms with Crippen molar-refractivity contribution in [1.29, 1.82) is 0 Å². The van der Waals surface area contributed by atoms with Gasteiger partial charge in [-0.25, -0.2) is 9.78 Å². The molecule has 22 heavy (non-hydrogen) atoms. The molecule has 0 fully saturated rings. The molecular formula is C16H17N3O3. The first-order valence-electron chi connectivity index (χ1n) is 6.96. The average Bonchev–Trinajstić information content (AvgIpc) is 2.57. The smallest absolute Gasteiger partial charge is 0.317 e. The van der Waals surface area contributed by atoms with Crippen molar-refractivity contribution in [2.45, 2.75) is 12.6 Å². The minimum atomic E-state index is -0.320. The summed E-state index contributed by atoms with van der Waals surface area (Å²) in [4.78, 5) is 17.9. The first-order chi connectivity index (χ1) is 10.7. The van der Waals surface area contributed by atoms with Crippen LogP contribution in [0.5, 0.6) is 11.6 Å². The molecule has 0 aliphatic carbocycles. The number of hydrogen-bond donors (Lipinski definition) is 2. The van der Waals surface area contributed by atoms with Crippen LogP contribution in [-0.2, 0) is 6.61 Å². The SMILES string of the molecule is CNC(=O)N(C)C1c2cc(CO)ccc2Oc2ncccc21. The molecule has 1 aromatic carbocycles. The van der Waals surface area contributed by atoms with Gasteiger partial charge in [-0.15, -0.1) is 0 Å². The van der Waals surface area contributed by atoms with Crippen LogP contribution >= 0.6 is 0 Å². The molecule has 0 radical (unpaired) electrons. The summed E-state index contributed by atoms with van der Waals surface area (Å²) in [6.07, 6.45) is 1.66. The first-order valence-corrected chi connectivity index (χ1v) is 6.96. The number of rotatable bonds is 2. The summed E-state index contributed by atoms with van der Waals surface area (Å²) in [5, 5.41) is 12.0. The summed E-state index contributed by atoms with van der Waals surface area (Å²) in [7, 11) is 3.31. The van der Waals surface area contributed by atoms with Gasteiger partial charge in [0.1, 0.15) is 5.75 Å². The molecule has 1 atom stereocenters. The number of carbonyl (C=O) groups excluding carboxylic acids is 1. The van der Waals surface area contributed by atoms with Crippen molar-refractivity contribution in [2.75, 3.05) is 14.1 Å². The van der Waals surface area contributed by atoms with Crippen molar-refractivity contribution < 1.29 is 14.6 Å². The van der Waals surface area contributed by atoms with Crippen LogP contribution in [0.15, 0.2) is 36.5 Å². The Morgan fingerprint density at radius 3 is 2.95 bits per heavy atom. The monoisotopic (exact) mass is 299 g/mol. The molecule has 0 saturated heterocycles. The number of aliphatic hydroxyl groups is 1. The fourth-order valence-corrected chi connectivity index (χ4v) is 2.68. The molecule has 114 valence electrons.